The van der Waals surface area contributed by atoms with Gasteiger partial charge in [-0.1, -0.05) is 42.5 Å². The Kier molecular flexibility index (Phi) is 8.13. The highest BCUT2D eigenvalue weighted by molar-refractivity contribution is 6.07. The van der Waals surface area contributed by atoms with E-state index in [2.05, 4.69) is 0 Å². The average molecular weight is 484 g/mol. The van der Waals surface area contributed by atoms with Crippen molar-refractivity contribution in [3.8, 4) is 11.1 Å². The van der Waals surface area contributed by atoms with Crippen molar-refractivity contribution in [2.45, 2.75) is 26.9 Å². The van der Waals surface area contributed by atoms with Crippen LogP contribution in [0.25, 0.3) is 11.1 Å². The molecule has 0 aliphatic carbocycles. The molecule has 0 saturated carbocycles. The molecule has 3 heterocycles. The van der Waals surface area contributed by atoms with E-state index in [0.717, 1.165) is 0 Å². The SMILES string of the molecule is CCOC(=O)c1c(C[n+]2ccccc2)nc(C[n+]2ccccc2)c(C(=O)OCC)c1-c1ccccc1. The predicted molar refractivity (Wildman–Crippen MR) is 133 cm³/mol. The third kappa shape index (κ3) is 5.63. The average Bonchev–Trinajstić information content (AvgIpc) is 2.90. The van der Waals surface area contributed by atoms with Crippen LogP contribution in [0.1, 0.15) is 46.0 Å². The number of carbonyl (C=O) groups excluding carboxylic acids is 2. The van der Waals surface area contributed by atoms with E-state index in [1.54, 1.807) is 13.8 Å². The van der Waals surface area contributed by atoms with Crippen LogP contribution >= 0.6 is 0 Å². The number of hydrogen-bond donors (Lipinski definition) is 0. The zero-order chi connectivity index (χ0) is 25.3. The highest BCUT2D eigenvalue weighted by Crippen LogP contribution is 2.33. The van der Waals surface area contributed by atoms with E-state index < -0.39 is 11.9 Å². The van der Waals surface area contributed by atoms with E-state index in [1.807, 2.05) is 101 Å². The second-order valence-electron chi connectivity index (χ2n) is 8.03. The van der Waals surface area contributed by atoms with Crippen LogP contribution in [0, 0.1) is 0 Å². The fraction of sp³-hybridized carbons (Fsp3) is 0.207. The van der Waals surface area contributed by atoms with Gasteiger partial charge < -0.3 is 9.47 Å². The molecule has 182 valence electrons. The van der Waals surface area contributed by atoms with Crippen LogP contribution in [0.2, 0.25) is 0 Å². The Hall–Kier alpha value is -4.39. The minimum Gasteiger partial charge on any atom is -0.462 e. The van der Waals surface area contributed by atoms with E-state index in [1.165, 1.54) is 0 Å². The van der Waals surface area contributed by atoms with Crippen molar-refractivity contribution in [3.05, 3.63) is 114 Å². The summed E-state index contributed by atoms with van der Waals surface area (Å²) in [6, 6.07) is 20.9. The van der Waals surface area contributed by atoms with Gasteiger partial charge in [0, 0.05) is 29.8 Å². The Morgan fingerprint density at radius 1 is 0.667 bits per heavy atom. The molecule has 0 fully saturated rings. The number of pyridine rings is 3. The first-order valence-electron chi connectivity index (χ1n) is 12.0. The number of benzene rings is 1. The molecule has 0 atom stereocenters. The lowest BCUT2D eigenvalue weighted by Gasteiger charge is -2.18. The first-order chi connectivity index (χ1) is 17.6. The lowest BCUT2D eigenvalue weighted by atomic mass is 9.91. The number of ether oxygens (including phenoxy) is 2. The molecule has 0 aliphatic heterocycles. The zero-order valence-corrected chi connectivity index (χ0v) is 20.5. The summed E-state index contributed by atoms with van der Waals surface area (Å²) in [6.45, 7) is 4.55. The van der Waals surface area contributed by atoms with Crippen LogP contribution in [-0.2, 0) is 22.6 Å². The molecule has 7 heteroatoms. The molecule has 1 aromatic carbocycles. The minimum atomic E-state index is -0.528. The summed E-state index contributed by atoms with van der Waals surface area (Å²) in [5, 5.41) is 0. The van der Waals surface area contributed by atoms with Gasteiger partial charge in [-0.2, -0.15) is 9.13 Å². The summed E-state index contributed by atoms with van der Waals surface area (Å²) >= 11 is 0. The van der Waals surface area contributed by atoms with Gasteiger partial charge in [0.1, 0.15) is 11.4 Å². The number of rotatable bonds is 9. The molecule has 0 amide bonds. The smallest absolute Gasteiger partial charge is 0.340 e. The van der Waals surface area contributed by atoms with Crippen molar-refractivity contribution in [2.75, 3.05) is 13.2 Å². The largest absolute Gasteiger partial charge is 0.462 e. The first-order valence-corrected chi connectivity index (χ1v) is 12.0. The van der Waals surface area contributed by atoms with E-state index in [0.29, 0.717) is 35.6 Å². The number of esters is 2. The summed E-state index contributed by atoms with van der Waals surface area (Å²) in [6.07, 6.45) is 7.63. The maximum Gasteiger partial charge on any atom is 0.340 e. The lowest BCUT2D eigenvalue weighted by Crippen LogP contribution is -2.37. The number of carbonyl (C=O) groups is 2. The third-order valence-electron chi connectivity index (χ3n) is 5.59. The van der Waals surface area contributed by atoms with E-state index >= 15 is 0 Å². The van der Waals surface area contributed by atoms with Crippen LogP contribution in [0.15, 0.2) is 91.5 Å². The number of nitrogens with zero attached hydrogens (tertiary/aromatic N) is 3. The normalized spacial score (nSPS) is 10.6. The monoisotopic (exact) mass is 483 g/mol. The van der Waals surface area contributed by atoms with Gasteiger partial charge in [-0.3, -0.25) is 0 Å². The van der Waals surface area contributed by atoms with Gasteiger partial charge in [0.2, 0.25) is 0 Å². The molecule has 7 nitrogen and oxygen atoms in total. The second kappa shape index (κ2) is 11.8. The molecule has 4 aromatic rings. The molecule has 4 rings (SSSR count). The Labute approximate surface area is 210 Å². The molecule has 0 spiro atoms. The Balaban J connectivity index is 2.05. The van der Waals surface area contributed by atoms with Crippen molar-refractivity contribution in [2.24, 2.45) is 0 Å². The summed E-state index contributed by atoms with van der Waals surface area (Å²) in [5.41, 5.74) is 2.75. The molecule has 0 aliphatic rings. The molecular weight excluding hydrogens is 454 g/mol. The summed E-state index contributed by atoms with van der Waals surface area (Å²) in [7, 11) is 0. The van der Waals surface area contributed by atoms with Crippen LogP contribution in [0.5, 0.6) is 0 Å². The maximum absolute atomic E-state index is 13.4. The van der Waals surface area contributed by atoms with E-state index in [9.17, 15) is 9.59 Å². The third-order valence-corrected chi connectivity index (χ3v) is 5.59. The van der Waals surface area contributed by atoms with Crippen molar-refractivity contribution in [3.63, 3.8) is 0 Å². The minimum absolute atomic E-state index is 0.196. The van der Waals surface area contributed by atoms with Crippen molar-refractivity contribution >= 4 is 11.9 Å². The van der Waals surface area contributed by atoms with Crippen LogP contribution < -0.4 is 9.13 Å². The number of aromatic nitrogens is 3. The highest BCUT2D eigenvalue weighted by atomic mass is 16.5. The van der Waals surface area contributed by atoms with Gasteiger partial charge in [-0.05, 0) is 19.4 Å². The van der Waals surface area contributed by atoms with E-state index in [-0.39, 0.29) is 24.3 Å². The topological polar surface area (TPSA) is 73.3 Å². The highest BCUT2D eigenvalue weighted by Gasteiger charge is 2.32. The summed E-state index contributed by atoms with van der Waals surface area (Å²) in [4.78, 5) is 31.8. The predicted octanol–water partition coefficient (Wildman–Crippen LogP) is 3.77. The Morgan fingerprint density at radius 2 is 1.08 bits per heavy atom. The molecule has 0 bridgehead atoms. The molecule has 0 unspecified atom stereocenters. The quantitative estimate of drug-likeness (QED) is 0.268. The Bertz CT molecular complexity index is 1250. The molecule has 0 saturated heterocycles. The summed E-state index contributed by atoms with van der Waals surface area (Å²) < 4.78 is 14.8. The van der Waals surface area contributed by atoms with Crippen LogP contribution in [0.3, 0.4) is 0 Å². The summed E-state index contributed by atoms with van der Waals surface area (Å²) in [5.74, 6) is -1.06. The first kappa shape index (κ1) is 24.7. The van der Waals surface area contributed by atoms with Crippen LogP contribution in [0.4, 0.5) is 0 Å². The van der Waals surface area contributed by atoms with Gasteiger partial charge >= 0.3 is 11.9 Å². The molecule has 0 radical (unpaired) electrons. The molecule has 0 N–H and O–H groups in total. The van der Waals surface area contributed by atoms with Crippen molar-refractivity contribution in [1.29, 1.82) is 0 Å². The second-order valence-corrected chi connectivity index (χ2v) is 8.03. The van der Waals surface area contributed by atoms with Gasteiger partial charge in [-0.25, -0.2) is 14.6 Å². The molecule has 36 heavy (non-hydrogen) atoms. The van der Waals surface area contributed by atoms with Crippen molar-refractivity contribution < 1.29 is 28.2 Å². The van der Waals surface area contributed by atoms with Gasteiger partial charge in [0.05, 0.1) is 24.3 Å². The maximum atomic E-state index is 13.4. The molecular formula is C29H29N3O4+2. The van der Waals surface area contributed by atoms with Gasteiger partial charge in [-0.15, -0.1) is 0 Å². The molecule has 3 aromatic heterocycles. The standard InChI is InChI=1S/C29H29N3O4/c1-3-35-28(33)26-23(20-31-16-10-6-11-17-31)30-24(21-32-18-12-7-13-19-32)27(29(34)36-4-2)25(26)22-14-8-5-9-15-22/h5-19H,3-4,20-21H2,1-2H3/q+2. The van der Waals surface area contributed by atoms with E-state index in [4.69, 9.17) is 14.5 Å². The Morgan fingerprint density at radius 3 is 1.50 bits per heavy atom. The van der Waals surface area contributed by atoms with Crippen molar-refractivity contribution in [1.82, 2.24) is 4.98 Å². The lowest BCUT2D eigenvalue weighted by molar-refractivity contribution is -0.690. The van der Waals surface area contributed by atoms with Gasteiger partial charge in [0.25, 0.3) is 0 Å². The van der Waals surface area contributed by atoms with Crippen LogP contribution in [-0.4, -0.2) is 30.1 Å². The zero-order valence-electron chi connectivity index (χ0n) is 20.5. The fourth-order valence-corrected chi connectivity index (χ4v) is 4.08. The van der Waals surface area contributed by atoms with Gasteiger partial charge in [0.15, 0.2) is 37.9 Å². The number of hydrogen-bond acceptors (Lipinski definition) is 5. The fourth-order valence-electron chi connectivity index (χ4n) is 4.08.